The number of aryl methyl sites for hydroxylation is 1. The quantitative estimate of drug-likeness (QED) is 0.877. The molecule has 2 nitrogen and oxygen atoms in total. The van der Waals surface area contributed by atoms with E-state index in [0.29, 0.717) is 5.56 Å². The summed E-state index contributed by atoms with van der Waals surface area (Å²) in [5.74, 6) is -1.08. The van der Waals surface area contributed by atoms with E-state index in [1.165, 1.54) is 19.2 Å². The van der Waals surface area contributed by atoms with Crippen LogP contribution in [0.3, 0.4) is 0 Å². The average molecular weight is 243 g/mol. The molecule has 0 fully saturated rings. The van der Waals surface area contributed by atoms with Gasteiger partial charge in [-0.25, -0.2) is 8.78 Å². The molecular weight excluding hydrogens is 224 g/mol. The molecule has 1 N–H and O–H groups in total. The van der Waals surface area contributed by atoms with Gasteiger partial charge in [0, 0.05) is 12.7 Å². The average Bonchev–Trinajstić information content (AvgIpc) is 2.29. The molecule has 0 aromatic heterocycles. The zero-order chi connectivity index (χ0) is 13.2. The lowest BCUT2D eigenvalue weighted by molar-refractivity contribution is -0.0109. The smallest absolute Gasteiger partial charge is 0.133 e. The highest BCUT2D eigenvalue weighted by Gasteiger charge is 2.34. The SMILES string of the molecule is CNC(c1c(F)ccc(C)c1F)C(C)(C)OC. The van der Waals surface area contributed by atoms with E-state index in [0.717, 1.165) is 0 Å². The van der Waals surface area contributed by atoms with Gasteiger partial charge in [-0.3, -0.25) is 0 Å². The summed E-state index contributed by atoms with van der Waals surface area (Å²) >= 11 is 0. The minimum absolute atomic E-state index is 0.0272. The largest absolute Gasteiger partial charge is 0.377 e. The Morgan fingerprint density at radius 1 is 1.29 bits per heavy atom. The van der Waals surface area contributed by atoms with Gasteiger partial charge in [-0.15, -0.1) is 0 Å². The Morgan fingerprint density at radius 3 is 2.35 bits per heavy atom. The van der Waals surface area contributed by atoms with Gasteiger partial charge in [0.2, 0.25) is 0 Å². The first-order chi connectivity index (χ1) is 7.85. The summed E-state index contributed by atoms with van der Waals surface area (Å²) in [7, 11) is 3.18. The topological polar surface area (TPSA) is 21.3 Å². The van der Waals surface area contributed by atoms with Crippen LogP contribution in [0.15, 0.2) is 12.1 Å². The molecule has 0 aliphatic carbocycles. The fourth-order valence-electron chi connectivity index (χ4n) is 1.90. The van der Waals surface area contributed by atoms with E-state index in [1.54, 1.807) is 27.8 Å². The highest BCUT2D eigenvalue weighted by molar-refractivity contribution is 5.30. The number of rotatable bonds is 4. The van der Waals surface area contributed by atoms with Crippen molar-refractivity contribution in [2.75, 3.05) is 14.2 Å². The summed E-state index contributed by atoms with van der Waals surface area (Å²) in [6, 6.07) is 2.16. The minimum atomic E-state index is -0.704. The molecule has 0 saturated heterocycles. The van der Waals surface area contributed by atoms with Gasteiger partial charge in [-0.2, -0.15) is 0 Å². The van der Waals surface area contributed by atoms with Crippen LogP contribution < -0.4 is 5.32 Å². The zero-order valence-electron chi connectivity index (χ0n) is 10.9. The lowest BCUT2D eigenvalue weighted by Crippen LogP contribution is -2.40. The van der Waals surface area contributed by atoms with Gasteiger partial charge in [0.15, 0.2) is 0 Å². The summed E-state index contributed by atoms with van der Waals surface area (Å²) in [5, 5.41) is 2.91. The van der Waals surface area contributed by atoms with Gasteiger partial charge in [-0.05, 0) is 39.4 Å². The minimum Gasteiger partial charge on any atom is -0.377 e. The van der Waals surface area contributed by atoms with E-state index in [2.05, 4.69) is 5.32 Å². The lowest BCUT2D eigenvalue weighted by Gasteiger charge is -2.33. The zero-order valence-corrected chi connectivity index (χ0v) is 10.9. The van der Waals surface area contributed by atoms with Gasteiger partial charge >= 0.3 is 0 Å². The standard InChI is InChI=1S/C13H19F2NO/c1-8-6-7-9(14)10(11(8)15)12(16-4)13(2,3)17-5/h6-7,12,16H,1-5H3. The Bertz CT molecular complexity index is 405. The number of nitrogens with one attached hydrogen (secondary N) is 1. The van der Waals surface area contributed by atoms with E-state index in [9.17, 15) is 8.78 Å². The highest BCUT2D eigenvalue weighted by atomic mass is 19.1. The maximum atomic E-state index is 14.0. The molecule has 1 unspecified atom stereocenters. The van der Waals surface area contributed by atoms with Crippen LogP contribution in [0, 0.1) is 18.6 Å². The maximum Gasteiger partial charge on any atom is 0.133 e. The molecule has 1 aromatic carbocycles. The van der Waals surface area contributed by atoms with Crippen molar-refractivity contribution in [2.45, 2.75) is 32.4 Å². The van der Waals surface area contributed by atoms with Crippen LogP contribution in [0.4, 0.5) is 8.78 Å². The summed E-state index contributed by atoms with van der Waals surface area (Å²) in [4.78, 5) is 0. The Morgan fingerprint density at radius 2 is 1.88 bits per heavy atom. The summed E-state index contributed by atoms with van der Waals surface area (Å²) in [5.41, 5.74) is -0.252. The summed E-state index contributed by atoms with van der Waals surface area (Å²) < 4.78 is 33.1. The van der Waals surface area contributed by atoms with Crippen molar-refractivity contribution in [3.8, 4) is 0 Å². The van der Waals surface area contributed by atoms with Crippen LogP contribution in [-0.4, -0.2) is 19.8 Å². The Balaban J connectivity index is 3.35. The third kappa shape index (κ3) is 2.64. The van der Waals surface area contributed by atoms with E-state index in [1.807, 2.05) is 0 Å². The third-order valence-corrected chi connectivity index (χ3v) is 3.12. The lowest BCUT2D eigenvalue weighted by atomic mass is 9.90. The summed E-state index contributed by atoms with van der Waals surface area (Å²) in [6.07, 6.45) is 0. The van der Waals surface area contributed by atoms with Gasteiger partial charge < -0.3 is 10.1 Å². The second-order valence-electron chi connectivity index (χ2n) is 4.62. The number of methoxy groups -OCH3 is 1. The van der Waals surface area contributed by atoms with Crippen LogP contribution in [-0.2, 0) is 4.74 Å². The molecule has 0 amide bonds. The fraction of sp³-hybridized carbons (Fsp3) is 0.538. The maximum absolute atomic E-state index is 14.0. The molecule has 0 aliphatic heterocycles. The Labute approximate surface area is 101 Å². The van der Waals surface area contributed by atoms with Gasteiger partial charge in [0.1, 0.15) is 11.6 Å². The summed E-state index contributed by atoms with van der Waals surface area (Å²) in [6.45, 7) is 5.19. The molecule has 0 spiro atoms. The molecule has 0 saturated carbocycles. The van der Waals surface area contributed by atoms with E-state index in [-0.39, 0.29) is 5.56 Å². The molecule has 4 heteroatoms. The predicted octanol–water partition coefficient (Wildman–Crippen LogP) is 2.96. The molecule has 17 heavy (non-hydrogen) atoms. The first-order valence-corrected chi connectivity index (χ1v) is 5.52. The Hall–Kier alpha value is -1.00. The monoisotopic (exact) mass is 243 g/mol. The van der Waals surface area contributed by atoms with Crippen molar-refractivity contribution in [1.29, 1.82) is 0 Å². The van der Waals surface area contributed by atoms with Crippen molar-refractivity contribution >= 4 is 0 Å². The van der Waals surface area contributed by atoms with Crippen molar-refractivity contribution < 1.29 is 13.5 Å². The number of ether oxygens (including phenoxy) is 1. The van der Waals surface area contributed by atoms with Gasteiger partial charge in [0.05, 0.1) is 11.6 Å². The molecule has 0 aliphatic rings. The van der Waals surface area contributed by atoms with E-state index < -0.39 is 23.3 Å². The molecule has 1 atom stereocenters. The normalized spacial score (nSPS) is 13.8. The van der Waals surface area contributed by atoms with Crippen molar-refractivity contribution in [1.82, 2.24) is 5.32 Å². The molecule has 0 radical (unpaired) electrons. The van der Waals surface area contributed by atoms with Crippen LogP contribution in [0.1, 0.15) is 31.0 Å². The second kappa shape index (κ2) is 5.10. The number of halogens is 2. The fourth-order valence-corrected chi connectivity index (χ4v) is 1.90. The van der Waals surface area contributed by atoms with Crippen LogP contribution >= 0.6 is 0 Å². The molecule has 96 valence electrons. The predicted molar refractivity (Wildman–Crippen MR) is 64.0 cm³/mol. The second-order valence-corrected chi connectivity index (χ2v) is 4.62. The van der Waals surface area contributed by atoms with Crippen LogP contribution in [0.25, 0.3) is 0 Å². The van der Waals surface area contributed by atoms with Gasteiger partial charge in [-0.1, -0.05) is 6.07 Å². The molecule has 1 rings (SSSR count). The molecule has 0 bridgehead atoms. The van der Waals surface area contributed by atoms with Crippen LogP contribution in [0.5, 0.6) is 0 Å². The first-order valence-electron chi connectivity index (χ1n) is 5.52. The number of hydrogen-bond donors (Lipinski definition) is 1. The first kappa shape index (κ1) is 14.1. The van der Waals surface area contributed by atoms with Gasteiger partial charge in [0.25, 0.3) is 0 Å². The number of benzene rings is 1. The van der Waals surface area contributed by atoms with E-state index in [4.69, 9.17) is 4.74 Å². The van der Waals surface area contributed by atoms with Crippen molar-refractivity contribution in [3.63, 3.8) is 0 Å². The van der Waals surface area contributed by atoms with Crippen molar-refractivity contribution in [2.24, 2.45) is 0 Å². The third-order valence-electron chi connectivity index (χ3n) is 3.12. The molecule has 0 heterocycles. The number of likely N-dealkylation sites (N-methyl/N-ethyl adjacent to an activating group) is 1. The Kier molecular flexibility index (Phi) is 4.22. The number of hydrogen-bond acceptors (Lipinski definition) is 2. The molecule has 1 aromatic rings. The molecular formula is C13H19F2NO. The highest BCUT2D eigenvalue weighted by Crippen LogP contribution is 2.32. The van der Waals surface area contributed by atoms with Crippen molar-refractivity contribution in [3.05, 3.63) is 34.9 Å². The van der Waals surface area contributed by atoms with E-state index >= 15 is 0 Å². The van der Waals surface area contributed by atoms with Crippen LogP contribution in [0.2, 0.25) is 0 Å².